The number of rotatable bonds is 4. The minimum atomic E-state index is 0.412. The van der Waals surface area contributed by atoms with E-state index in [1.807, 2.05) is 18.2 Å². The summed E-state index contributed by atoms with van der Waals surface area (Å²) in [5.41, 5.74) is 12.1. The van der Waals surface area contributed by atoms with Crippen LogP contribution in [-0.4, -0.2) is 35.2 Å². The number of piperidine rings is 1. The van der Waals surface area contributed by atoms with Crippen LogP contribution in [0.1, 0.15) is 24.3 Å². The maximum atomic E-state index is 6.30. The van der Waals surface area contributed by atoms with Gasteiger partial charge in [-0.25, -0.2) is 15.0 Å². The van der Waals surface area contributed by atoms with Crippen molar-refractivity contribution in [1.29, 1.82) is 0 Å². The van der Waals surface area contributed by atoms with Crippen LogP contribution in [-0.2, 0) is 0 Å². The van der Waals surface area contributed by atoms with Crippen LogP contribution in [0.2, 0.25) is 0 Å². The number of halogens is 1. The molecule has 0 atom stereocenters. The van der Waals surface area contributed by atoms with Crippen LogP contribution in [0.15, 0.2) is 59.3 Å². The number of ether oxygens (including phenoxy) is 1. The average Bonchev–Trinajstić information content (AvgIpc) is 2.83. The smallest absolute Gasteiger partial charge is 0.165 e. The lowest BCUT2D eigenvalue weighted by Gasteiger charge is -2.25. The van der Waals surface area contributed by atoms with E-state index in [2.05, 4.69) is 61.5 Å². The van der Waals surface area contributed by atoms with Gasteiger partial charge >= 0.3 is 0 Å². The Morgan fingerprint density at radius 3 is 2.66 bits per heavy atom. The van der Waals surface area contributed by atoms with Gasteiger partial charge in [-0.2, -0.15) is 0 Å². The third-order valence-corrected chi connectivity index (χ3v) is 6.52. The van der Waals surface area contributed by atoms with E-state index in [4.69, 9.17) is 15.5 Å². The van der Waals surface area contributed by atoms with Gasteiger partial charge in [-0.05, 0) is 72.8 Å². The second kappa shape index (κ2) is 8.84. The van der Waals surface area contributed by atoms with E-state index in [0.717, 1.165) is 63.9 Å². The molecule has 7 heteroatoms. The molecule has 0 aliphatic carbocycles. The summed E-state index contributed by atoms with van der Waals surface area (Å²) in [6, 6.07) is 16.6. The van der Waals surface area contributed by atoms with Crippen molar-refractivity contribution in [3.8, 4) is 28.1 Å². The molecule has 3 N–H and O–H groups in total. The molecule has 1 saturated heterocycles. The highest BCUT2D eigenvalue weighted by atomic mass is 79.9. The van der Waals surface area contributed by atoms with Crippen LogP contribution in [0, 0.1) is 0 Å². The van der Waals surface area contributed by atoms with E-state index in [1.165, 1.54) is 11.9 Å². The number of hydrogen-bond donors (Lipinski definition) is 2. The molecule has 3 heterocycles. The fourth-order valence-corrected chi connectivity index (χ4v) is 4.98. The van der Waals surface area contributed by atoms with Gasteiger partial charge in [-0.15, -0.1) is 0 Å². The van der Waals surface area contributed by atoms with Crippen LogP contribution < -0.4 is 15.8 Å². The number of anilines is 1. The summed E-state index contributed by atoms with van der Waals surface area (Å²) in [6.45, 7) is 2.08. The lowest BCUT2D eigenvalue weighted by atomic mass is 9.85. The summed E-state index contributed by atoms with van der Waals surface area (Å²) in [5.74, 6) is 1.68. The largest absolute Gasteiger partial charge is 0.497 e. The highest BCUT2D eigenvalue weighted by molar-refractivity contribution is 9.10. The van der Waals surface area contributed by atoms with Crippen molar-refractivity contribution in [3.63, 3.8) is 0 Å². The molecule has 0 spiro atoms. The van der Waals surface area contributed by atoms with Crippen LogP contribution in [0.5, 0.6) is 5.75 Å². The first-order valence-electron chi connectivity index (χ1n) is 10.7. The molecule has 1 aliphatic rings. The molecule has 0 saturated carbocycles. The first-order valence-corrected chi connectivity index (χ1v) is 11.5. The Morgan fingerprint density at radius 2 is 1.84 bits per heavy atom. The van der Waals surface area contributed by atoms with Crippen molar-refractivity contribution in [3.05, 3.63) is 64.9 Å². The van der Waals surface area contributed by atoms with Gasteiger partial charge in [0, 0.05) is 10.0 Å². The number of aromatic nitrogens is 3. The van der Waals surface area contributed by atoms with Crippen molar-refractivity contribution in [2.45, 2.75) is 18.8 Å². The van der Waals surface area contributed by atoms with Gasteiger partial charge < -0.3 is 15.8 Å². The molecule has 0 amide bonds. The SMILES string of the molecule is COc1cc(Br)cc(-c2cc(-c3ccccc3C3CCNCC3)nc3ncnc(N)c23)c1. The highest BCUT2D eigenvalue weighted by Gasteiger charge is 2.21. The van der Waals surface area contributed by atoms with Gasteiger partial charge in [-0.1, -0.05) is 40.2 Å². The number of hydrogen-bond acceptors (Lipinski definition) is 6. The first kappa shape index (κ1) is 20.8. The Balaban J connectivity index is 1.75. The molecule has 0 bridgehead atoms. The molecule has 5 rings (SSSR count). The minimum Gasteiger partial charge on any atom is -0.497 e. The Hall–Kier alpha value is -3.03. The zero-order chi connectivity index (χ0) is 22.1. The molecular formula is C25H24BrN5O. The maximum absolute atomic E-state index is 6.30. The van der Waals surface area contributed by atoms with Crippen molar-refractivity contribution in [2.75, 3.05) is 25.9 Å². The predicted molar refractivity (Wildman–Crippen MR) is 132 cm³/mol. The third-order valence-electron chi connectivity index (χ3n) is 6.07. The molecule has 0 radical (unpaired) electrons. The number of methoxy groups -OCH3 is 1. The first-order chi connectivity index (χ1) is 15.6. The Bertz CT molecular complexity index is 1290. The normalized spacial score (nSPS) is 14.6. The second-order valence-electron chi connectivity index (χ2n) is 8.00. The predicted octanol–water partition coefficient (Wildman–Crippen LogP) is 5.18. The minimum absolute atomic E-state index is 0.412. The quantitative estimate of drug-likeness (QED) is 0.410. The van der Waals surface area contributed by atoms with Crippen LogP contribution in [0.3, 0.4) is 0 Å². The highest BCUT2D eigenvalue weighted by Crippen LogP contribution is 2.39. The number of fused-ring (bicyclic) bond motifs is 1. The summed E-state index contributed by atoms with van der Waals surface area (Å²) in [7, 11) is 1.66. The number of nitrogens with two attached hydrogens (primary N) is 1. The van der Waals surface area contributed by atoms with Gasteiger partial charge in [-0.3, -0.25) is 0 Å². The summed E-state index contributed by atoms with van der Waals surface area (Å²) < 4.78 is 6.42. The monoisotopic (exact) mass is 489 g/mol. The Labute approximate surface area is 195 Å². The lowest BCUT2D eigenvalue weighted by molar-refractivity contribution is 0.414. The third kappa shape index (κ3) is 3.94. The molecule has 1 aliphatic heterocycles. The molecule has 0 unspecified atom stereocenters. The number of nitrogens with one attached hydrogen (secondary N) is 1. The molecule has 1 fully saturated rings. The number of nitrogens with zero attached hydrogens (tertiary/aromatic N) is 3. The van der Waals surface area contributed by atoms with Gasteiger partial charge in [0.1, 0.15) is 17.9 Å². The van der Waals surface area contributed by atoms with Crippen LogP contribution >= 0.6 is 15.9 Å². The molecule has 2 aromatic carbocycles. The molecule has 32 heavy (non-hydrogen) atoms. The van der Waals surface area contributed by atoms with Crippen LogP contribution in [0.25, 0.3) is 33.4 Å². The van der Waals surface area contributed by atoms with Crippen molar-refractivity contribution < 1.29 is 4.74 Å². The van der Waals surface area contributed by atoms with Gasteiger partial charge in [0.15, 0.2) is 5.65 Å². The molecule has 2 aromatic heterocycles. The second-order valence-corrected chi connectivity index (χ2v) is 8.92. The average molecular weight is 490 g/mol. The number of benzene rings is 2. The standard InChI is InChI=1S/C25H24BrN5O/c1-32-18-11-16(10-17(26)12-18)21-13-22(31-25-23(21)24(27)29-14-30-25)20-5-3-2-4-19(20)15-6-8-28-9-7-15/h2-5,10-15,28H,6-9H2,1H3,(H2,27,29,30,31). The zero-order valence-electron chi connectivity index (χ0n) is 17.8. The summed E-state index contributed by atoms with van der Waals surface area (Å²) in [6.07, 6.45) is 3.71. The Kier molecular flexibility index (Phi) is 5.76. The van der Waals surface area contributed by atoms with Crippen molar-refractivity contribution in [2.24, 2.45) is 0 Å². The number of nitrogen functional groups attached to an aromatic ring is 1. The van der Waals surface area contributed by atoms with Crippen molar-refractivity contribution in [1.82, 2.24) is 20.3 Å². The number of pyridine rings is 1. The maximum Gasteiger partial charge on any atom is 0.165 e. The van der Waals surface area contributed by atoms with E-state index in [1.54, 1.807) is 7.11 Å². The Morgan fingerprint density at radius 1 is 1.03 bits per heavy atom. The van der Waals surface area contributed by atoms with E-state index in [0.29, 0.717) is 17.4 Å². The summed E-state index contributed by atoms with van der Waals surface area (Å²) in [5, 5.41) is 4.20. The lowest BCUT2D eigenvalue weighted by Crippen LogP contribution is -2.26. The topological polar surface area (TPSA) is 86.0 Å². The zero-order valence-corrected chi connectivity index (χ0v) is 19.4. The molecule has 6 nitrogen and oxygen atoms in total. The van der Waals surface area contributed by atoms with Gasteiger partial charge in [0.05, 0.1) is 18.2 Å². The van der Waals surface area contributed by atoms with E-state index >= 15 is 0 Å². The fourth-order valence-electron chi connectivity index (χ4n) is 4.51. The molecular weight excluding hydrogens is 466 g/mol. The summed E-state index contributed by atoms with van der Waals surface area (Å²) >= 11 is 3.60. The van der Waals surface area contributed by atoms with Crippen molar-refractivity contribution >= 4 is 32.8 Å². The van der Waals surface area contributed by atoms with Gasteiger partial charge in [0.2, 0.25) is 0 Å². The van der Waals surface area contributed by atoms with E-state index in [9.17, 15) is 0 Å². The van der Waals surface area contributed by atoms with Gasteiger partial charge in [0.25, 0.3) is 0 Å². The van der Waals surface area contributed by atoms with E-state index < -0.39 is 0 Å². The molecule has 162 valence electrons. The summed E-state index contributed by atoms with van der Waals surface area (Å²) in [4.78, 5) is 13.6. The fraction of sp³-hybridized carbons (Fsp3) is 0.240. The van der Waals surface area contributed by atoms with E-state index in [-0.39, 0.29) is 0 Å². The molecule has 4 aromatic rings. The van der Waals surface area contributed by atoms with Crippen LogP contribution in [0.4, 0.5) is 5.82 Å².